The molecule has 0 spiro atoms. The van der Waals surface area contributed by atoms with Gasteiger partial charge in [0.15, 0.2) is 0 Å². The van der Waals surface area contributed by atoms with Crippen LogP contribution in [0.2, 0.25) is 0 Å². The molecule has 0 aromatic heterocycles. The standard InChI is InChI=1S/C27H32N2O5/c1-4-28(5-2)13-6-14-29-24(18-7-10-21(30)11-8-18)23(26(32)27(29)33)25(31)19-9-12-22-20(16-19)15-17(3)34-22/h7-12,16-17,24,30-31H,4-6,13-15H2,1-3H3/t17-,24-/m0/s1. The molecule has 1 saturated heterocycles. The average Bonchev–Trinajstić information content (AvgIpc) is 3.32. The predicted molar refractivity (Wildman–Crippen MR) is 130 cm³/mol. The summed E-state index contributed by atoms with van der Waals surface area (Å²) in [6, 6.07) is 11.1. The highest BCUT2D eigenvalue weighted by atomic mass is 16.5. The van der Waals surface area contributed by atoms with E-state index in [1.165, 1.54) is 12.1 Å². The van der Waals surface area contributed by atoms with E-state index in [9.17, 15) is 19.8 Å². The van der Waals surface area contributed by atoms with Crippen molar-refractivity contribution in [1.29, 1.82) is 0 Å². The lowest BCUT2D eigenvalue weighted by molar-refractivity contribution is -0.140. The van der Waals surface area contributed by atoms with E-state index in [2.05, 4.69) is 18.7 Å². The quantitative estimate of drug-likeness (QED) is 0.350. The van der Waals surface area contributed by atoms with Crippen molar-refractivity contribution in [3.8, 4) is 11.5 Å². The molecule has 4 rings (SSSR count). The van der Waals surface area contributed by atoms with Crippen LogP contribution in [-0.2, 0) is 16.0 Å². The molecule has 1 amide bonds. The van der Waals surface area contributed by atoms with E-state index in [1.54, 1.807) is 29.2 Å². The van der Waals surface area contributed by atoms with Gasteiger partial charge in [0.05, 0.1) is 11.6 Å². The van der Waals surface area contributed by atoms with Crippen molar-refractivity contribution in [3.05, 3.63) is 64.7 Å². The summed E-state index contributed by atoms with van der Waals surface area (Å²) < 4.78 is 5.75. The number of hydrogen-bond donors (Lipinski definition) is 2. The number of carbonyl (C=O) groups is 2. The fourth-order valence-electron chi connectivity index (χ4n) is 4.84. The maximum Gasteiger partial charge on any atom is 0.295 e. The lowest BCUT2D eigenvalue weighted by Gasteiger charge is -2.26. The number of aliphatic hydroxyl groups excluding tert-OH is 1. The Morgan fingerprint density at radius 2 is 1.82 bits per heavy atom. The SMILES string of the molecule is CCN(CC)CCCN1C(=O)C(=O)C(=C(O)c2ccc3c(c2)C[C@H](C)O3)[C@@H]1c1ccc(O)cc1. The molecule has 2 N–H and O–H groups in total. The Morgan fingerprint density at radius 3 is 2.50 bits per heavy atom. The predicted octanol–water partition coefficient (Wildman–Crippen LogP) is 3.87. The van der Waals surface area contributed by atoms with Crippen LogP contribution in [-0.4, -0.2) is 64.0 Å². The fourth-order valence-corrected chi connectivity index (χ4v) is 4.84. The third-order valence-corrected chi connectivity index (χ3v) is 6.69. The number of phenols is 1. The zero-order valence-electron chi connectivity index (χ0n) is 20.0. The molecule has 2 atom stereocenters. The van der Waals surface area contributed by atoms with Crippen molar-refractivity contribution < 1.29 is 24.5 Å². The van der Waals surface area contributed by atoms with E-state index >= 15 is 0 Å². The molecule has 34 heavy (non-hydrogen) atoms. The molecular formula is C27H32N2O5. The van der Waals surface area contributed by atoms with Crippen LogP contribution in [0.15, 0.2) is 48.0 Å². The van der Waals surface area contributed by atoms with E-state index in [4.69, 9.17) is 4.74 Å². The van der Waals surface area contributed by atoms with Crippen molar-refractivity contribution in [2.75, 3.05) is 26.2 Å². The maximum atomic E-state index is 13.2. The highest BCUT2D eigenvalue weighted by molar-refractivity contribution is 6.46. The molecule has 1 fully saturated rings. The highest BCUT2D eigenvalue weighted by Crippen LogP contribution is 2.41. The lowest BCUT2D eigenvalue weighted by atomic mass is 9.94. The van der Waals surface area contributed by atoms with Crippen molar-refractivity contribution in [3.63, 3.8) is 0 Å². The molecule has 0 radical (unpaired) electrons. The molecule has 0 unspecified atom stereocenters. The molecule has 2 aromatic carbocycles. The number of ether oxygens (including phenoxy) is 1. The number of carbonyl (C=O) groups excluding carboxylic acids is 2. The Kier molecular flexibility index (Phi) is 6.93. The number of aliphatic hydroxyl groups is 1. The summed E-state index contributed by atoms with van der Waals surface area (Å²) in [6.45, 7) is 9.19. The van der Waals surface area contributed by atoms with Gasteiger partial charge in [-0.25, -0.2) is 0 Å². The molecule has 2 heterocycles. The minimum atomic E-state index is -0.722. The molecular weight excluding hydrogens is 432 g/mol. The van der Waals surface area contributed by atoms with Crippen molar-refractivity contribution in [2.24, 2.45) is 0 Å². The van der Waals surface area contributed by atoms with Gasteiger partial charge in [-0.1, -0.05) is 26.0 Å². The number of aromatic hydroxyl groups is 1. The third-order valence-electron chi connectivity index (χ3n) is 6.69. The summed E-state index contributed by atoms with van der Waals surface area (Å²) in [5, 5.41) is 21.0. The van der Waals surface area contributed by atoms with Crippen LogP contribution < -0.4 is 4.74 Å². The fraction of sp³-hybridized carbons (Fsp3) is 0.407. The van der Waals surface area contributed by atoms with Gasteiger partial charge in [-0.3, -0.25) is 9.59 Å². The van der Waals surface area contributed by atoms with Crippen LogP contribution in [0.3, 0.4) is 0 Å². The topological polar surface area (TPSA) is 90.3 Å². The normalized spacial score (nSPS) is 21.2. The number of phenolic OH excluding ortho intramolecular Hbond substituents is 1. The number of nitrogens with zero attached hydrogens (tertiary/aromatic N) is 2. The second-order valence-electron chi connectivity index (χ2n) is 8.92. The first kappa shape index (κ1) is 23.8. The number of benzene rings is 2. The summed E-state index contributed by atoms with van der Waals surface area (Å²) in [4.78, 5) is 30.1. The van der Waals surface area contributed by atoms with Crippen molar-refractivity contribution >= 4 is 17.4 Å². The Balaban J connectivity index is 1.72. The molecule has 7 heteroatoms. The number of rotatable bonds is 8. The number of fused-ring (bicyclic) bond motifs is 1. The Labute approximate surface area is 200 Å². The van der Waals surface area contributed by atoms with Crippen LogP contribution in [0.5, 0.6) is 11.5 Å². The Hall–Kier alpha value is -3.32. The van der Waals surface area contributed by atoms with Gasteiger partial charge in [0, 0.05) is 18.5 Å². The van der Waals surface area contributed by atoms with Crippen LogP contribution in [0.25, 0.3) is 5.76 Å². The van der Waals surface area contributed by atoms with E-state index in [-0.39, 0.29) is 23.2 Å². The molecule has 0 bridgehead atoms. The summed E-state index contributed by atoms with van der Waals surface area (Å²) in [5.41, 5.74) is 2.19. The first-order valence-corrected chi connectivity index (χ1v) is 11.9. The number of ketones is 1. The van der Waals surface area contributed by atoms with Crippen molar-refractivity contribution in [2.45, 2.75) is 45.8 Å². The molecule has 7 nitrogen and oxygen atoms in total. The first-order chi connectivity index (χ1) is 16.3. The zero-order chi connectivity index (χ0) is 24.4. The van der Waals surface area contributed by atoms with Crippen LogP contribution in [0.1, 0.15) is 49.9 Å². The van der Waals surface area contributed by atoms with Crippen molar-refractivity contribution in [1.82, 2.24) is 9.80 Å². The van der Waals surface area contributed by atoms with Gasteiger partial charge in [-0.05, 0) is 74.4 Å². The largest absolute Gasteiger partial charge is 0.508 e. The van der Waals surface area contributed by atoms with Crippen LogP contribution in [0, 0.1) is 0 Å². The second-order valence-corrected chi connectivity index (χ2v) is 8.92. The summed E-state index contributed by atoms with van der Waals surface area (Å²) in [6.07, 6.45) is 1.48. The minimum absolute atomic E-state index is 0.0563. The van der Waals surface area contributed by atoms with Gasteiger partial charge < -0.3 is 24.7 Å². The Morgan fingerprint density at radius 1 is 1.12 bits per heavy atom. The highest BCUT2D eigenvalue weighted by Gasteiger charge is 2.45. The van der Waals surface area contributed by atoms with Gasteiger partial charge in [0.2, 0.25) is 0 Å². The smallest absolute Gasteiger partial charge is 0.295 e. The second kappa shape index (κ2) is 9.89. The third kappa shape index (κ3) is 4.53. The average molecular weight is 465 g/mol. The molecule has 0 saturated carbocycles. The van der Waals surface area contributed by atoms with Crippen LogP contribution in [0.4, 0.5) is 0 Å². The van der Waals surface area contributed by atoms with Crippen LogP contribution >= 0.6 is 0 Å². The van der Waals surface area contributed by atoms with Gasteiger partial charge in [-0.2, -0.15) is 0 Å². The molecule has 180 valence electrons. The number of amides is 1. The molecule has 0 aliphatic carbocycles. The lowest BCUT2D eigenvalue weighted by Crippen LogP contribution is -2.33. The van der Waals surface area contributed by atoms with E-state index in [0.29, 0.717) is 24.1 Å². The number of Topliss-reactive ketones (excluding diaryl/α,β-unsaturated/α-hetero) is 1. The summed E-state index contributed by atoms with van der Waals surface area (Å²) >= 11 is 0. The summed E-state index contributed by atoms with van der Waals surface area (Å²) in [7, 11) is 0. The summed E-state index contributed by atoms with van der Waals surface area (Å²) in [5.74, 6) is -0.628. The minimum Gasteiger partial charge on any atom is -0.508 e. The molecule has 2 aromatic rings. The van der Waals surface area contributed by atoms with Gasteiger partial charge in [0.1, 0.15) is 23.4 Å². The monoisotopic (exact) mass is 464 g/mol. The zero-order valence-corrected chi connectivity index (χ0v) is 20.0. The molecule has 2 aliphatic rings. The van der Waals surface area contributed by atoms with E-state index in [0.717, 1.165) is 37.4 Å². The maximum absolute atomic E-state index is 13.2. The van der Waals surface area contributed by atoms with E-state index in [1.807, 2.05) is 13.0 Å². The first-order valence-electron chi connectivity index (χ1n) is 11.9. The van der Waals surface area contributed by atoms with Gasteiger partial charge >= 0.3 is 0 Å². The molecule has 2 aliphatic heterocycles. The van der Waals surface area contributed by atoms with Gasteiger partial charge in [0.25, 0.3) is 11.7 Å². The Bertz CT molecular complexity index is 1100. The van der Waals surface area contributed by atoms with Gasteiger partial charge in [-0.15, -0.1) is 0 Å². The number of hydrogen-bond acceptors (Lipinski definition) is 6. The van der Waals surface area contributed by atoms with E-state index < -0.39 is 17.7 Å². The number of likely N-dealkylation sites (tertiary alicyclic amines) is 1.